The molecule has 23 heavy (non-hydrogen) atoms. The van der Waals surface area contributed by atoms with Crippen molar-refractivity contribution in [3.63, 3.8) is 0 Å². The van der Waals surface area contributed by atoms with Crippen LogP contribution in [-0.2, 0) is 16.1 Å². The van der Waals surface area contributed by atoms with E-state index in [9.17, 15) is 9.59 Å². The van der Waals surface area contributed by atoms with Crippen molar-refractivity contribution in [1.82, 2.24) is 10.2 Å². The van der Waals surface area contributed by atoms with E-state index < -0.39 is 0 Å². The first-order chi connectivity index (χ1) is 11.0. The monoisotopic (exact) mass is 332 g/mol. The highest BCUT2D eigenvalue weighted by Crippen LogP contribution is 2.35. The zero-order valence-corrected chi connectivity index (χ0v) is 14.7. The molecule has 3 rings (SSSR count). The fourth-order valence-corrected chi connectivity index (χ4v) is 4.70. The number of carbonyl (C=O) groups excluding carboxylic acids is 2. The van der Waals surface area contributed by atoms with Crippen molar-refractivity contribution < 1.29 is 9.59 Å². The van der Waals surface area contributed by atoms with Crippen molar-refractivity contribution in [2.75, 3.05) is 13.1 Å². The minimum absolute atomic E-state index is 0.0352. The first-order valence-corrected chi connectivity index (χ1v) is 9.23. The highest BCUT2D eigenvalue weighted by atomic mass is 32.2. The number of likely N-dealkylation sites (tertiary alicyclic amines) is 1. The summed E-state index contributed by atoms with van der Waals surface area (Å²) in [5.74, 6) is -0.0704. The number of thioether (sulfide) groups is 1. The molecule has 4 nitrogen and oxygen atoms in total. The molecule has 0 aromatic heterocycles. The van der Waals surface area contributed by atoms with Crippen LogP contribution in [-0.4, -0.2) is 35.1 Å². The summed E-state index contributed by atoms with van der Waals surface area (Å²) in [6, 6.07) is 4.33. The second-order valence-corrected chi connectivity index (χ2v) is 7.82. The lowest BCUT2D eigenvalue weighted by Crippen LogP contribution is -2.30. The van der Waals surface area contributed by atoms with Gasteiger partial charge in [0, 0.05) is 23.0 Å². The molecule has 2 aliphatic heterocycles. The summed E-state index contributed by atoms with van der Waals surface area (Å²) in [5, 5.41) is 4.01. The van der Waals surface area contributed by atoms with Crippen LogP contribution in [0.3, 0.4) is 0 Å². The molecule has 1 N–H and O–H groups in total. The Morgan fingerprint density at radius 1 is 1.13 bits per heavy atom. The van der Waals surface area contributed by atoms with Gasteiger partial charge in [-0.05, 0) is 50.9 Å². The number of amides is 2. The number of nitrogens with zero attached hydrogens (tertiary/aromatic N) is 1. The van der Waals surface area contributed by atoms with Crippen LogP contribution in [0, 0.1) is 13.8 Å². The summed E-state index contributed by atoms with van der Waals surface area (Å²) in [6.07, 6.45) is 3.05. The van der Waals surface area contributed by atoms with Crippen molar-refractivity contribution in [3.05, 3.63) is 28.8 Å². The molecule has 0 atom stereocenters. The van der Waals surface area contributed by atoms with Crippen LogP contribution in [0.25, 0.3) is 0 Å². The topological polar surface area (TPSA) is 49.4 Å². The summed E-state index contributed by atoms with van der Waals surface area (Å²) in [6.45, 7) is 6.77. The van der Waals surface area contributed by atoms with Gasteiger partial charge in [-0.2, -0.15) is 0 Å². The Bertz CT molecular complexity index is 608. The van der Waals surface area contributed by atoms with Crippen molar-refractivity contribution in [3.8, 4) is 0 Å². The van der Waals surface area contributed by atoms with Gasteiger partial charge in [0.15, 0.2) is 0 Å². The Hall–Kier alpha value is -1.33. The van der Waals surface area contributed by atoms with Crippen molar-refractivity contribution in [2.45, 2.75) is 56.2 Å². The lowest BCUT2D eigenvalue weighted by atomic mass is 10.1. The molecule has 0 spiro atoms. The molecule has 1 aromatic carbocycles. The van der Waals surface area contributed by atoms with Gasteiger partial charge in [-0.3, -0.25) is 14.5 Å². The Balaban J connectivity index is 1.85. The van der Waals surface area contributed by atoms with Crippen LogP contribution in [0.15, 0.2) is 17.0 Å². The Morgan fingerprint density at radius 3 is 2.43 bits per heavy atom. The predicted molar refractivity (Wildman–Crippen MR) is 92.5 cm³/mol. The molecule has 2 saturated heterocycles. The average Bonchev–Trinajstić information content (AvgIpc) is 2.83. The van der Waals surface area contributed by atoms with E-state index in [0.29, 0.717) is 24.6 Å². The van der Waals surface area contributed by atoms with Crippen molar-refractivity contribution >= 4 is 23.6 Å². The minimum Gasteiger partial charge on any atom is -0.317 e. The van der Waals surface area contributed by atoms with Gasteiger partial charge in [0.05, 0.1) is 6.54 Å². The standard InChI is InChI=1S/C18H24N2O2S/c1-12-9-13(2)18(23-15-5-7-19-8-6-15)14(10-12)11-20-16(21)3-4-17(20)22/h9-10,15,19H,3-8,11H2,1-2H3. The lowest BCUT2D eigenvalue weighted by molar-refractivity contribution is -0.139. The summed E-state index contributed by atoms with van der Waals surface area (Å²) in [4.78, 5) is 26.6. The van der Waals surface area contributed by atoms with E-state index in [-0.39, 0.29) is 11.8 Å². The highest BCUT2D eigenvalue weighted by Gasteiger charge is 2.30. The van der Waals surface area contributed by atoms with Gasteiger partial charge >= 0.3 is 0 Å². The average molecular weight is 332 g/mol. The number of hydrogen-bond donors (Lipinski definition) is 1. The number of piperidine rings is 1. The fraction of sp³-hybridized carbons (Fsp3) is 0.556. The smallest absolute Gasteiger partial charge is 0.229 e. The fourth-order valence-electron chi connectivity index (χ4n) is 3.38. The normalized spacial score (nSPS) is 19.7. The SMILES string of the molecule is Cc1cc(C)c(SC2CCNCC2)c(CN2C(=O)CCC2=O)c1. The molecule has 2 amide bonds. The first-order valence-electron chi connectivity index (χ1n) is 8.35. The molecule has 5 heteroatoms. The van der Waals surface area contributed by atoms with Crippen LogP contribution in [0.5, 0.6) is 0 Å². The van der Waals surface area contributed by atoms with E-state index in [1.807, 2.05) is 11.8 Å². The summed E-state index contributed by atoms with van der Waals surface area (Å²) < 4.78 is 0. The second kappa shape index (κ2) is 7.05. The maximum atomic E-state index is 12.0. The zero-order valence-electron chi connectivity index (χ0n) is 13.9. The van der Waals surface area contributed by atoms with Crippen LogP contribution in [0.4, 0.5) is 0 Å². The Labute approximate surface area is 142 Å². The van der Waals surface area contributed by atoms with Crippen molar-refractivity contribution in [1.29, 1.82) is 0 Å². The summed E-state index contributed by atoms with van der Waals surface area (Å²) >= 11 is 1.92. The Morgan fingerprint density at radius 2 is 1.78 bits per heavy atom. The number of rotatable bonds is 4. The molecule has 2 fully saturated rings. The highest BCUT2D eigenvalue weighted by molar-refractivity contribution is 8.00. The van der Waals surface area contributed by atoms with E-state index in [2.05, 4.69) is 31.3 Å². The van der Waals surface area contributed by atoms with E-state index in [1.165, 1.54) is 33.8 Å². The largest absolute Gasteiger partial charge is 0.317 e. The molecule has 2 heterocycles. The molecule has 2 aliphatic rings. The van der Waals surface area contributed by atoms with Crippen molar-refractivity contribution in [2.24, 2.45) is 0 Å². The van der Waals surface area contributed by atoms with Gasteiger partial charge in [-0.25, -0.2) is 0 Å². The van der Waals surface area contributed by atoms with Crippen LogP contribution >= 0.6 is 11.8 Å². The summed E-state index contributed by atoms with van der Waals surface area (Å²) in [7, 11) is 0. The van der Waals surface area contributed by atoms with E-state index in [4.69, 9.17) is 0 Å². The molecule has 0 radical (unpaired) electrons. The predicted octanol–water partition coefficient (Wildman–Crippen LogP) is 2.80. The lowest BCUT2D eigenvalue weighted by Gasteiger charge is -2.25. The molecular formula is C18H24N2O2S. The third-order valence-corrected chi connectivity index (χ3v) is 6.17. The van der Waals surface area contributed by atoms with E-state index in [0.717, 1.165) is 18.7 Å². The number of hydrogen-bond acceptors (Lipinski definition) is 4. The quantitative estimate of drug-likeness (QED) is 0.862. The second-order valence-electron chi connectivity index (χ2n) is 6.51. The van der Waals surface area contributed by atoms with Gasteiger partial charge in [-0.1, -0.05) is 17.7 Å². The van der Waals surface area contributed by atoms with Gasteiger partial charge in [0.2, 0.25) is 11.8 Å². The van der Waals surface area contributed by atoms with Gasteiger partial charge in [-0.15, -0.1) is 11.8 Å². The third-order valence-electron chi connectivity index (χ3n) is 4.55. The number of imide groups is 1. The van der Waals surface area contributed by atoms with Gasteiger partial charge in [0.25, 0.3) is 0 Å². The van der Waals surface area contributed by atoms with Gasteiger partial charge in [0.1, 0.15) is 0 Å². The molecule has 124 valence electrons. The number of carbonyl (C=O) groups is 2. The van der Waals surface area contributed by atoms with E-state index >= 15 is 0 Å². The van der Waals surface area contributed by atoms with Crippen LogP contribution in [0.2, 0.25) is 0 Å². The molecule has 0 saturated carbocycles. The van der Waals surface area contributed by atoms with E-state index in [1.54, 1.807) is 0 Å². The summed E-state index contributed by atoms with van der Waals surface area (Å²) in [5.41, 5.74) is 3.56. The number of nitrogens with one attached hydrogen (secondary N) is 1. The molecule has 0 aliphatic carbocycles. The zero-order chi connectivity index (χ0) is 16.4. The molecular weight excluding hydrogens is 308 g/mol. The Kier molecular flexibility index (Phi) is 5.07. The minimum atomic E-state index is -0.0352. The maximum absolute atomic E-state index is 12.0. The van der Waals surface area contributed by atoms with Crippen LogP contribution < -0.4 is 5.32 Å². The number of aryl methyl sites for hydroxylation is 2. The van der Waals surface area contributed by atoms with Gasteiger partial charge < -0.3 is 5.32 Å². The molecule has 0 unspecified atom stereocenters. The third kappa shape index (κ3) is 3.78. The number of benzene rings is 1. The van der Waals surface area contributed by atoms with Crippen LogP contribution in [0.1, 0.15) is 42.4 Å². The maximum Gasteiger partial charge on any atom is 0.229 e. The first kappa shape index (κ1) is 16.5. The molecule has 0 bridgehead atoms. The molecule has 1 aromatic rings.